The van der Waals surface area contributed by atoms with E-state index in [4.69, 9.17) is 19.5 Å². The molecule has 2 atom stereocenters. The summed E-state index contributed by atoms with van der Waals surface area (Å²) in [5, 5.41) is 8.86. The molecule has 0 spiro atoms. The maximum Gasteiger partial charge on any atom is 0.267 e. The van der Waals surface area contributed by atoms with Gasteiger partial charge < -0.3 is 19.1 Å². The van der Waals surface area contributed by atoms with Crippen molar-refractivity contribution in [2.75, 3.05) is 26.3 Å². The molecule has 6 nitrogen and oxygen atoms in total. The van der Waals surface area contributed by atoms with Crippen LogP contribution in [0.1, 0.15) is 0 Å². The van der Waals surface area contributed by atoms with E-state index < -0.39 is 12.2 Å². The summed E-state index contributed by atoms with van der Waals surface area (Å²) in [6.07, 6.45) is -1.23. The van der Waals surface area contributed by atoms with Gasteiger partial charge in [-0.2, -0.15) is 5.26 Å². The van der Waals surface area contributed by atoms with Crippen molar-refractivity contribution in [1.82, 2.24) is 4.90 Å². The van der Waals surface area contributed by atoms with Crippen LogP contribution in [0.25, 0.3) is 0 Å². The smallest absolute Gasteiger partial charge is 0.267 e. The van der Waals surface area contributed by atoms with Gasteiger partial charge in [-0.25, -0.2) is 0 Å². The standard InChI is InChI=1S/C14H14N2O4/c15-7-10-8-16(5-6-18-10)14(17)13-9-19-11-3-1-2-4-12(11)20-13/h1-4,10,13H,5-6,8-9H2. The Kier molecular flexibility index (Phi) is 3.44. The van der Waals surface area contributed by atoms with Gasteiger partial charge in [-0.1, -0.05) is 12.1 Å². The minimum atomic E-state index is -0.664. The van der Waals surface area contributed by atoms with Crippen molar-refractivity contribution in [3.05, 3.63) is 24.3 Å². The molecular formula is C14H14N2O4. The molecule has 20 heavy (non-hydrogen) atoms. The van der Waals surface area contributed by atoms with Crippen molar-refractivity contribution in [1.29, 1.82) is 5.26 Å². The Hall–Kier alpha value is -2.26. The maximum atomic E-state index is 12.4. The summed E-state index contributed by atoms with van der Waals surface area (Å²) in [5.41, 5.74) is 0. The number of ether oxygens (including phenoxy) is 3. The number of fused-ring (bicyclic) bond motifs is 1. The van der Waals surface area contributed by atoms with Gasteiger partial charge in [-0.05, 0) is 12.1 Å². The van der Waals surface area contributed by atoms with Crippen LogP contribution >= 0.6 is 0 Å². The van der Waals surface area contributed by atoms with Gasteiger partial charge in [0, 0.05) is 6.54 Å². The van der Waals surface area contributed by atoms with Gasteiger partial charge in [0.2, 0.25) is 6.10 Å². The highest BCUT2D eigenvalue weighted by atomic mass is 16.6. The molecular weight excluding hydrogens is 260 g/mol. The summed E-state index contributed by atoms with van der Waals surface area (Å²) < 4.78 is 16.4. The van der Waals surface area contributed by atoms with Gasteiger partial charge in [-0.3, -0.25) is 4.79 Å². The molecule has 0 saturated carbocycles. The second kappa shape index (κ2) is 5.39. The van der Waals surface area contributed by atoms with Crippen LogP contribution in [0.15, 0.2) is 24.3 Å². The second-order valence-corrected chi connectivity index (χ2v) is 4.64. The minimum absolute atomic E-state index is 0.164. The van der Waals surface area contributed by atoms with Crippen molar-refractivity contribution in [3.63, 3.8) is 0 Å². The fourth-order valence-corrected chi connectivity index (χ4v) is 2.27. The van der Waals surface area contributed by atoms with E-state index in [1.165, 1.54) is 0 Å². The molecule has 2 unspecified atom stereocenters. The van der Waals surface area contributed by atoms with Gasteiger partial charge in [0.1, 0.15) is 6.61 Å². The summed E-state index contributed by atoms with van der Waals surface area (Å²) in [7, 11) is 0. The van der Waals surface area contributed by atoms with Crippen LogP contribution in [0.4, 0.5) is 0 Å². The summed E-state index contributed by atoms with van der Waals surface area (Å²) in [6.45, 7) is 1.30. The van der Waals surface area contributed by atoms with Crippen LogP contribution in [0.5, 0.6) is 11.5 Å². The Balaban J connectivity index is 1.68. The van der Waals surface area contributed by atoms with E-state index in [2.05, 4.69) is 0 Å². The number of amides is 1. The van der Waals surface area contributed by atoms with Crippen LogP contribution < -0.4 is 9.47 Å². The Bertz CT molecular complexity index is 554. The highest BCUT2D eigenvalue weighted by Gasteiger charge is 2.33. The highest BCUT2D eigenvalue weighted by molar-refractivity contribution is 5.82. The zero-order valence-corrected chi connectivity index (χ0v) is 10.8. The third-order valence-corrected chi connectivity index (χ3v) is 3.31. The molecule has 0 radical (unpaired) electrons. The van der Waals surface area contributed by atoms with E-state index in [1.54, 1.807) is 17.0 Å². The second-order valence-electron chi connectivity index (χ2n) is 4.64. The fourth-order valence-electron chi connectivity index (χ4n) is 2.27. The first kappa shape index (κ1) is 12.8. The minimum Gasteiger partial charge on any atom is -0.485 e. The number of rotatable bonds is 1. The van der Waals surface area contributed by atoms with E-state index in [9.17, 15) is 4.79 Å². The number of morpholine rings is 1. The number of benzene rings is 1. The Morgan fingerprint density at radius 2 is 2.15 bits per heavy atom. The number of hydrogen-bond acceptors (Lipinski definition) is 5. The van der Waals surface area contributed by atoms with Crippen LogP contribution in [-0.2, 0) is 9.53 Å². The van der Waals surface area contributed by atoms with E-state index >= 15 is 0 Å². The van der Waals surface area contributed by atoms with Gasteiger partial charge in [0.15, 0.2) is 17.6 Å². The number of nitriles is 1. The summed E-state index contributed by atoms with van der Waals surface area (Å²) in [5.74, 6) is 1.05. The molecule has 2 aliphatic heterocycles. The largest absolute Gasteiger partial charge is 0.485 e. The molecule has 6 heteroatoms. The Labute approximate surface area is 116 Å². The predicted molar refractivity (Wildman–Crippen MR) is 68.3 cm³/mol. The lowest BCUT2D eigenvalue weighted by Crippen LogP contribution is -2.52. The first-order valence-corrected chi connectivity index (χ1v) is 6.46. The van der Waals surface area contributed by atoms with Crippen molar-refractivity contribution in [2.45, 2.75) is 12.2 Å². The molecule has 1 amide bonds. The lowest BCUT2D eigenvalue weighted by atomic mass is 10.2. The molecule has 0 aromatic heterocycles. The van der Waals surface area contributed by atoms with Crippen LogP contribution in [-0.4, -0.2) is 49.3 Å². The lowest BCUT2D eigenvalue weighted by Gasteiger charge is -2.34. The number of nitrogens with zero attached hydrogens (tertiary/aromatic N) is 2. The maximum absolute atomic E-state index is 12.4. The SMILES string of the molecule is N#CC1CN(C(=O)C2COc3ccccc3O2)CCO1. The number of carbonyl (C=O) groups excluding carboxylic acids is 1. The number of para-hydroxylation sites is 2. The molecule has 1 fully saturated rings. The number of hydrogen-bond donors (Lipinski definition) is 0. The first-order valence-electron chi connectivity index (χ1n) is 6.46. The highest BCUT2D eigenvalue weighted by Crippen LogP contribution is 2.31. The molecule has 0 aliphatic carbocycles. The zero-order chi connectivity index (χ0) is 13.9. The van der Waals surface area contributed by atoms with Crippen molar-refractivity contribution in [2.24, 2.45) is 0 Å². The van der Waals surface area contributed by atoms with Crippen molar-refractivity contribution >= 4 is 5.91 Å². The van der Waals surface area contributed by atoms with E-state index in [0.717, 1.165) is 0 Å². The molecule has 1 saturated heterocycles. The van der Waals surface area contributed by atoms with Crippen LogP contribution in [0.2, 0.25) is 0 Å². The summed E-state index contributed by atoms with van der Waals surface area (Å²) in [4.78, 5) is 14.0. The lowest BCUT2D eigenvalue weighted by molar-refractivity contribution is -0.146. The van der Waals surface area contributed by atoms with Gasteiger partial charge in [0.25, 0.3) is 5.91 Å². The van der Waals surface area contributed by atoms with Gasteiger partial charge in [-0.15, -0.1) is 0 Å². The van der Waals surface area contributed by atoms with Gasteiger partial charge in [0.05, 0.1) is 19.2 Å². The quantitative estimate of drug-likeness (QED) is 0.749. The van der Waals surface area contributed by atoms with Crippen LogP contribution in [0.3, 0.4) is 0 Å². The summed E-state index contributed by atoms with van der Waals surface area (Å²) >= 11 is 0. The van der Waals surface area contributed by atoms with Crippen LogP contribution in [0, 0.1) is 11.3 Å². The monoisotopic (exact) mass is 274 g/mol. The predicted octanol–water partition coefficient (Wildman–Crippen LogP) is 0.577. The zero-order valence-electron chi connectivity index (χ0n) is 10.8. The van der Waals surface area contributed by atoms with Crippen molar-refractivity contribution < 1.29 is 19.0 Å². The first-order chi connectivity index (χ1) is 9.78. The molecule has 0 N–H and O–H groups in total. The average Bonchev–Trinajstić information content (AvgIpc) is 2.53. The van der Waals surface area contributed by atoms with Crippen molar-refractivity contribution in [3.8, 4) is 17.6 Å². The normalized spacial score (nSPS) is 24.9. The van der Waals surface area contributed by atoms with E-state index in [1.807, 2.05) is 18.2 Å². The molecule has 0 bridgehead atoms. The number of carbonyl (C=O) groups is 1. The van der Waals surface area contributed by atoms with E-state index in [0.29, 0.717) is 24.7 Å². The van der Waals surface area contributed by atoms with E-state index in [-0.39, 0.29) is 19.1 Å². The topological polar surface area (TPSA) is 71.8 Å². The van der Waals surface area contributed by atoms with Gasteiger partial charge >= 0.3 is 0 Å². The molecule has 2 heterocycles. The molecule has 3 rings (SSSR count). The Morgan fingerprint density at radius 3 is 2.95 bits per heavy atom. The molecule has 1 aromatic rings. The molecule has 2 aliphatic rings. The average molecular weight is 274 g/mol. The fraction of sp³-hybridized carbons (Fsp3) is 0.429. The molecule has 1 aromatic carbocycles. The third-order valence-electron chi connectivity index (χ3n) is 3.31. The Morgan fingerprint density at radius 1 is 1.35 bits per heavy atom. The molecule has 104 valence electrons. The summed E-state index contributed by atoms with van der Waals surface area (Å²) in [6, 6.07) is 9.27. The third kappa shape index (κ3) is 2.40.